The Morgan fingerprint density at radius 3 is 3.06 bits per heavy atom. The van der Waals surface area contributed by atoms with Crippen LogP contribution in [0, 0.1) is 5.92 Å². The van der Waals surface area contributed by atoms with Crippen molar-refractivity contribution in [1.29, 1.82) is 0 Å². The molecular weight excluding hydrogens is 264 g/mol. The molecule has 1 heterocycles. The highest BCUT2D eigenvalue weighted by molar-refractivity contribution is 9.10. The summed E-state index contributed by atoms with van der Waals surface area (Å²) in [6.45, 7) is 2.30. The van der Waals surface area contributed by atoms with E-state index in [0.717, 1.165) is 23.4 Å². The molecule has 0 spiro atoms. The smallest absolute Gasteiger partial charge is 0.0298 e. The Bertz CT molecular complexity index is 334. The molecule has 3 heteroatoms. The molecule has 0 radical (unpaired) electrons. The zero-order valence-corrected chi connectivity index (χ0v) is 11.0. The van der Waals surface area contributed by atoms with Gasteiger partial charge < -0.3 is 11.1 Å². The molecule has 2 rings (SSSR count). The largest absolute Gasteiger partial charge is 0.324 e. The summed E-state index contributed by atoms with van der Waals surface area (Å²) >= 11 is 3.49. The zero-order valence-electron chi connectivity index (χ0n) is 9.45. The van der Waals surface area contributed by atoms with Crippen molar-refractivity contribution in [3.05, 3.63) is 34.3 Å². The minimum atomic E-state index is 0.169. The van der Waals surface area contributed by atoms with Gasteiger partial charge in [0.2, 0.25) is 0 Å². The standard InChI is InChI=1S/C13H19BrN2/c14-12-5-1-4-11(8-12)13(15)7-10-3-2-6-16-9-10/h1,4-5,8,10,13,16H,2-3,6-7,9,15H2. The van der Waals surface area contributed by atoms with Gasteiger partial charge in [-0.05, 0) is 56.0 Å². The highest BCUT2D eigenvalue weighted by Gasteiger charge is 2.17. The molecule has 3 N–H and O–H groups in total. The number of hydrogen-bond acceptors (Lipinski definition) is 2. The number of nitrogens with two attached hydrogens (primary N) is 1. The zero-order chi connectivity index (χ0) is 11.4. The van der Waals surface area contributed by atoms with E-state index in [0.29, 0.717) is 0 Å². The molecule has 0 bridgehead atoms. The van der Waals surface area contributed by atoms with Crippen molar-refractivity contribution in [1.82, 2.24) is 5.32 Å². The minimum Gasteiger partial charge on any atom is -0.324 e. The van der Waals surface area contributed by atoms with Gasteiger partial charge in [0.1, 0.15) is 0 Å². The summed E-state index contributed by atoms with van der Waals surface area (Å²) in [7, 11) is 0. The van der Waals surface area contributed by atoms with E-state index in [-0.39, 0.29) is 6.04 Å². The van der Waals surface area contributed by atoms with E-state index < -0.39 is 0 Å². The molecule has 2 nitrogen and oxygen atoms in total. The van der Waals surface area contributed by atoms with Crippen LogP contribution in [-0.4, -0.2) is 13.1 Å². The van der Waals surface area contributed by atoms with Crippen molar-refractivity contribution in [2.24, 2.45) is 11.7 Å². The third kappa shape index (κ3) is 3.30. The summed E-state index contributed by atoms with van der Waals surface area (Å²) in [5, 5.41) is 3.44. The number of piperidine rings is 1. The summed E-state index contributed by atoms with van der Waals surface area (Å²) in [6, 6.07) is 8.51. The van der Waals surface area contributed by atoms with Gasteiger partial charge in [0.05, 0.1) is 0 Å². The maximum Gasteiger partial charge on any atom is 0.0298 e. The lowest BCUT2D eigenvalue weighted by atomic mass is 9.90. The first kappa shape index (κ1) is 12.1. The number of hydrogen-bond donors (Lipinski definition) is 2. The summed E-state index contributed by atoms with van der Waals surface area (Å²) in [5.41, 5.74) is 7.48. The number of nitrogens with one attached hydrogen (secondary N) is 1. The highest BCUT2D eigenvalue weighted by Crippen LogP contribution is 2.25. The Kier molecular flexibility index (Phi) is 4.38. The lowest BCUT2D eigenvalue weighted by Gasteiger charge is -2.25. The molecule has 1 aliphatic rings. The van der Waals surface area contributed by atoms with Gasteiger partial charge in [-0.15, -0.1) is 0 Å². The topological polar surface area (TPSA) is 38.0 Å². The van der Waals surface area contributed by atoms with Crippen molar-refractivity contribution in [3.8, 4) is 0 Å². The molecule has 16 heavy (non-hydrogen) atoms. The van der Waals surface area contributed by atoms with Gasteiger partial charge in [-0.3, -0.25) is 0 Å². The molecule has 1 fully saturated rings. The predicted octanol–water partition coefficient (Wildman–Crippen LogP) is 2.84. The van der Waals surface area contributed by atoms with Gasteiger partial charge in [0.15, 0.2) is 0 Å². The van der Waals surface area contributed by atoms with Gasteiger partial charge in [-0.25, -0.2) is 0 Å². The van der Waals surface area contributed by atoms with Gasteiger partial charge in [0, 0.05) is 10.5 Å². The SMILES string of the molecule is NC(CC1CCCNC1)c1cccc(Br)c1. The van der Waals surface area contributed by atoms with E-state index in [1.807, 2.05) is 6.07 Å². The fourth-order valence-electron chi connectivity index (χ4n) is 2.36. The van der Waals surface area contributed by atoms with E-state index in [2.05, 4.69) is 39.4 Å². The molecule has 1 saturated heterocycles. The van der Waals surface area contributed by atoms with Gasteiger partial charge in [-0.1, -0.05) is 28.1 Å². The summed E-state index contributed by atoms with van der Waals surface area (Å²) in [6.07, 6.45) is 3.69. The summed E-state index contributed by atoms with van der Waals surface area (Å²) < 4.78 is 1.11. The van der Waals surface area contributed by atoms with Gasteiger partial charge in [-0.2, -0.15) is 0 Å². The Hall–Kier alpha value is -0.380. The molecule has 2 unspecified atom stereocenters. The minimum absolute atomic E-state index is 0.169. The van der Waals surface area contributed by atoms with Crippen LogP contribution in [-0.2, 0) is 0 Å². The van der Waals surface area contributed by atoms with Crippen LogP contribution >= 0.6 is 15.9 Å². The van der Waals surface area contributed by atoms with Gasteiger partial charge >= 0.3 is 0 Å². The molecule has 2 atom stereocenters. The Morgan fingerprint density at radius 2 is 2.38 bits per heavy atom. The molecule has 1 aromatic carbocycles. The van der Waals surface area contributed by atoms with E-state index >= 15 is 0 Å². The maximum absolute atomic E-state index is 6.25. The average molecular weight is 283 g/mol. The van der Waals surface area contributed by atoms with Crippen LogP contribution in [0.2, 0.25) is 0 Å². The Morgan fingerprint density at radius 1 is 1.50 bits per heavy atom. The van der Waals surface area contributed by atoms with Crippen molar-refractivity contribution in [2.75, 3.05) is 13.1 Å². The molecule has 1 aromatic rings. The Balaban J connectivity index is 1.94. The first-order chi connectivity index (χ1) is 7.75. The second-order valence-electron chi connectivity index (χ2n) is 4.61. The maximum atomic E-state index is 6.25. The fraction of sp³-hybridized carbons (Fsp3) is 0.538. The summed E-state index contributed by atoms with van der Waals surface area (Å²) in [4.78, 5) is 0. The predicted molar refractivity (Wildman–Crippen MR) is 71.3 cm³/mol. The molecule has 1 aliphatic heterocycles. The third-order valence-electron chi connectivity index (χ3n) is 3.26. The van der Waals surface area contributed by atoms with Crippen LogP contribution < -0.4 is 11.1 Å². The lowest BCUT2D eigenvalue weighted by Crippen LogP contribution is -2.31. The first-order valence-electron chi connectivity index (χ1n) is 5.97. The lowest BCUT2D eigenvalue weighted by molar-refractivity contribution is 0.337. The van der Waals surface area contributed by atoms with Crippen LogP contribution in [0.4, 0.5) is 0 Å². The van der Waals surface area contributed by atoms with Crippen LogP contribution in [0.3, 0.4) is 0 Å². The molecule has 0 aliphatic carbocycles. The highest BCUT2D eigenvalue weighted by atomic mass is 79.9. The third-order valence-corrected chi connectivity index (χ3v) is 3.76. The van der Waals surface area contributed by atoms with E-state index in [1.54, 1.807) is 0 Å². The van der Waals surface area contributed by atoms with Crippen LogP contribution in [0.1, 0.15) is 30.9 Å². The van der Waals surface area contributed by atoms with Crippen molar-refractivity contribution in [3.63, 3.8) is 0 Å². The molecule has 0 aromatic heterocycles. The number of halogens is 1. The van der Waals surface area contributed by atoms with Crippen molar-refractivity contribution >= 4 is 15.9 Å². The molecule has 88 valence electrons. The first-order valence-corrected chi connectivity index (χ1v) is 6.77. The van der Waals surface area contributed by atoms with E-state index in [4.69, 9.17) is 5.73 Å². The normalized spacial score (nSPS) is 23.0. The fourth-order valence-corrected chi connectivity index (χ4v) is 2.77. The quantitative estimate of drug-likeness (QED) is 0.895. The number of rotatable bonds is 3. The van der Waals surface area contributed by atoms with Gasteiger partial charge in [0.25, 0.3) is 0 Å². The molecule has 0 amide bonds. The second kappa shape index (κ2) is 5.80. The second-order valence-corrected chi connectivity index (χ2v) is 5.53. The van der Waals surface area contributed by atoms with Crippen molar-refractivity contribution < 1.29 is 0 Å². The monoisotopic (exact) mass is 282 g/mol. The molecular formula is C13H19BrN2. The number of benzene rings is 1. The average Bonchev–Trinajstić information content (AvgIpc) is 2.30. The van der Waals surface area contributed by atoms with Crippen LogP contribution in [0.25, 0.3) is 0 Å². The van der Waals surface area contributed by atoms with Crippen LogP contribution in [0.15, 0.2) is 28.7 Å². The Labute approximate surface area is 106 Å². The van der Waals surface area contributed by atoms with E-state index in [1.165, 1.54) is 24.9 Å². The van der Waals surface area contributed by atoms with Crippen LogP contribution in [0.5, 0.6) is 0 Å². The van der Waals surface area contributed by atoms with E-state index in [9.17, 15) is 0 Å². The molecule has 0 saturated carbocycles. The summed E-state index contributed by atoms with van der Waals surface area (Å²) in [5.74, 6) is 0.739. The van der Waals surface area contributed by atoms with Crippen molar-refractivity contribution in [2.45, 2.75) is 25.3 Å².